The number of carbonyl (C=O) groups is 10. The summed E-state index contributed by atoms with van der Waals surface area (Å²) in [7, 11) is 0. The Morgan fingerprint density at radius 3 is 1.14 bits per heavy atom. The van der Waals surface area contributed by atoms with Crippen LogP contribution in [0, 0.1) is 0 Å². The third-order valence-corrected chi connectivity index (χ3v) is 11.2. The predicted molar refractivity (Wildman–Crippen MR) is 258 cm³/mol. The normalized spacial score (nSPS) is 23.3. The molecule has 0 saturated carbocycles. The lowest BCUT2D eigenvalue weighted by Gasteiger charge is -2.44. The van der Waals surface area contributed by atoms with Gasteiger partial charge >= 0.3 is 35.8 Å². The lowest BCUT2D eigenvalue weighted by Crippen LogP contribution is -2.66. The fraction of sp³-hybridized carbons (Fsp3) is 0.792. The molecule has 2 fully saturated rings. The first kappa shape index (κ1) is 64.6. The zero-order valence-electron chi connectivity index (χ0n) is 44.1. The Labute approximate surface area is 432 Å². The van der Waals surface area contributed by atoms with Crippen molar-refractivity contribution in [3.05, 3.63) is 0 Å². The molecule has 4 amide bonds. The van der Waals surface area contributed by atoms with Gasteiger partial charge in [-0.1, -0.05) is 12.8 Å². The van der Waals surface area contributed by atoms with E-state index in [1.54, 1.807) is 0 Å². The van der Waals surface area contributed by atoms with Gasteiger partial charge in [0.05, 0.1) is 13.2 Å². The zero-order chi connectivity index (χ0) is 55.2. The molecule has 0 spiro atoms. The molecule has 0 bridgehead atoms. The number of nitrogens with two attached hydrogens (primary N) is 1. The van der Waals surface area contributed by atoms with E-state index in [2.05, 4.69) is 26.2 Å². The average molecular weight is 1060 g/mol. The summed E-state index contributed by atoms with van der Waals surface area (Å²) in [6.45, 7) is 11.8. The van der Waals surface area contributed by atoms with E-state index in [9.17, 15) is 47.9 Å². The number of unbranched alkanes of at least 4 members (excludes halogenated alkanes) is 5. The molecule has 26 nitrogen and oxygen atoms in total. The van der Waals surface area contributed by atoms with Gasteiger partial charge in [0.15, 0.2) is 37.0 Å². The van der Waals surface area contributed by atoms with Crippen LogP contribution in [0.15, 0.2) is 0 Å². The summed E-state index contributed by atoms with van der Waals surface area (Å²) >= 11 is 0. The molecule has 0 aromatic carbocycles. The summed E-state index contributed by atoms with van der Waals surface area (Å²) in [4.78, 5) is 124. The summed E-state index contributed by atoms with van der Waals surface area (Å²) in [5.74, 6) is -5.62. The molecule has 0 aromatic heterocycles. The van der Waals surface area contributed by atoms with Gasteiger partial charge in [-0.25, -0.2) is 0 Å². The van der Waals surface area contributed by atoms with Crippen LogP contribution in [0.5, 0.6) is 0 Å². The Morgan fingerprint density at radius 2 is 0.811 bits per heavy atom. The molecule has 10 atom stereocenters. The van der Waals surface area contributed by atoms with Crippen LogP contribution in [0.3, 0.4) is 0 Å². The highest BCUT2D eigenvalue weighted by Crippen LogP contribution is 2.29. The van der Waals surface area contributed by atoms with Crippen molar-refractivity contribution in [3.8, 4) is 0 Å². The van der Waals surface area contributed by atoms with Crippen LogP contribution >= 0.6 is 0 Å². The fourth-order valence-corrected chi connectivity index (χ4v) is 8.18. The smallest absolute Gasteiger partial charge is 0.303 e. The molecule has 2 rings (SSSR count). The summed E-state index contributed by atoms with van der Waals surface area (Å²) in [5, 5.41) is 10.9. The van der Waals surface area contributed by atoms with E-state index in [1.807, 2.05) is 0 Å². The van der Waals surface area contributed by atoms with E-state index in [0.29, 0.717) is 19.4 Å². The standard InChI is InChI=1S/C48H80N6O20/c1-29(55)52-41-45(71-35(7)61)43(69-33(5)59)37(27-67-31(3)57)73-47(41)65-25-20-50-39(63)17-11-9-14-22-54(24-16-13-19-49)23-15-10-12-18-40(64)51-21-26-66-48-42(53-30(2)56)46(72-36(8)62)44(70-34(6)60)38(74-48)28-68-32(4)58/h37-38,41-48H,9-28,49H2,1-8H3,(H,50,63)(H,51,64)(H,52,55)(H,53,56)/t37-,38-,41-,42-,43+,44+,45-,46-,47+,48+/m1/s1. The van der Waals surface area contributed by atoms with E-state index in [1.165, 1.54) is 27.7 Å². The molecule has 2 saturated heterocycles. The minimum Gasteiger partial charge on any atom is -0.463 e. The summed E-state index contributed by atoms with van der Waals surface area (Å²) in [5.41, 5.74) is 5.75. The summed E-state index contributed by atoms with van der Waals surface area (Å²) < 4.78 is 55.7. The minimum atomic E-state index is -1.26. The van der Waals surface area contributed by atoms with E-state index >= 15 is 0 Å². The first-order chi connectivity index (χ1) is 35.1. The molecule has 26 heteroatoms. The molecule has 0 unspecified atom stereocenters. The third-order valence-electron chi connectivity index (χ3n) is 11.2. The third kappa shape index (κ3) is 26.6. The number of carbonyl (C=O) groups excluding carboxylic acids is 10. The molecule has 0 radical (unpaired) electrons. The van der Waals surface area contributed by atoms with Gasteiger partial charge in [0.2, 0.25) is 23.6 Å². The van der Waals surface area contributed by atoms with Gasteiger partial charge < -0.3 is 79.3 Å². The van der Waals surface area contributed by atoms with Crippen LogP contribution in [0.2, 0.25) is 0 Å². The largest absolute Gasteiger partial charge is 0.463 e. The molecule has 0 aromatic rings. The Kier molecular flexibility index (Phi) is 31.1. The Bertz CT molecular complexity index is 1700. The Hall–Kier alpha value is -5.54. The van der Waals surface area contributed by atoms with E-state index in [-0.39, 0.29) is 64.2 Å². The van der Waals surface area contributed by atoms with Gasteiger partial charge in [0.25, 0.3) is 0 Å². The first-order valence-electron chi connectivity index (χ1n) is 25.1. The van der Waals surface area contributed by atoms with E-state index in [0.717, 1.165) is 85.9 Å². The van der Waals surface area contributed by atoms with Crippen molar-refractivity contribution in [2.75, 3.05) is 65.7 Å². The highest BCUT2D eigenvalue weighted by Gasteiger charge is 2.52. The van der Waals surface area contributed by atoms with Crippen LogP contribution < -0.4 is 27.0 Å². The zero-order valence-corrected chi connectivity index (χ0v) is 44.1. The van der Waals surface area contributed by atoms with Crippen LogP contribution in [0.1, 0.15) is 120 Å². The fourth-order valence-electron chi connectivity index (χ4n) is 8.18. The molecule has 422 valence electrons. The topological polar surface area (TPSA) is 340 Å². The van der Waals surface area contributed by atoms with E-state index in [4.69, 9.17) is 53.1 Å². The second-order valence-corrected chi connectivity index (χ2v) is 17.8. The molecular weight excluding hydrogens is 981 g/mol. The van der Waals surface area contributed by atoms with Crippen LogP contribution in [-0.4, -0.2) is 191 Å². The van der Waals surface area contributed by atoms with Crippen molar-refractivity contribution in [3.63, 3.8) is 0 Å². The first-order valence-corrected chi connectivity index (χ1v) is 25.1. The maximum atomic E-state index is 12.7. The number of nitrogens with zero attached hydrogens (tertiary/aromatic N) is 1. The second kappa shape index (κ2) is 35.6. The van der Waals surface area contributed by atoms with Gasteiger partial charge in [-0.2, -0.15) is 0 Å². The molecule has 2 heterocycles. The van der Waals surface area contributed by atoms with Crippen molar-refractivity contribution in [1.29, 1.82) is 0 Å². The maximum Gasteiger partial charge on any atom is 0.303 e. The number of esters is 6. The van der Waals surface area contributed by atoms with Crippen LogP contribution in [-0.2, 0) is 95.3 Å². The van der Waals surface area contributed by atoms with Crippen molar-refractivity contribution in [2.24, 2.45) is 5.73 Å². The van der Waals surface area contributed by atoms with Crippen LogP contribution in [0.25, 0.3) is 0 Å². The molecule has 6 N–H and O–H groups in total. The minimum absolute atomic E-state index is 0.0689. The lowest BCUT2D eigenvalue weighted by atomic mass is 9.96. The number of rotatable bonds is 34. The second-order valence-electron chi connectivity index (χ2n) is 17.8. The number of hydrogen-bond acceptors (Lipinski definition) is 22. The monoisotopic (exact) mass is 1060 g/mol. The molecular formula is C48H80N6O20. The predicted octanol–water partition coefficient (Wildman–Crippen LogP) is -0.274. The summed E-state index contributed by atoms with van der Waals surface area (Å²) in [6, 6.07) is -2.25. The maximum absolute atomic E-state index is 12.7. The Balaban J connectivity index is 1.80. The summed E-state index contributed by atoms with van der Waals surface area (Å²) in [6.07, 6.45) is -2.78. The Morgan fingerprint density at radius 1 is 0.459 bits per heavy atom. The highest BCUT2D eigenvalue weighted by atomic mass is 16.7. The molecule has 0 aliphatic carbocycles. The average Bonchev–Trinajstić information content (AvgIpc) is 3.30. The van der Waals surface area contributed by atoms with Crippen LogP contribution in [0.4, 0.5) is 0 Å². The van der Waals surface area contributed by atoms with Gasteiger partial charge in [-0.3, -0.25) is 47.9 Å². The highest BCUT2D eigenvalue weighted by molar-refractivity contribution is 5.76. The molecule has 2 aliphatic heterocycles. The SMILES string of the molecule is CC(=O)N[C@H]1[C@@H](OCCNC(=O)CCCCCN(CCCCN)CCCCCC(=O)NCCO[C@H]2O[C@H](COC(C)=O)[C@H](OC(C)=O)[C@H](OC(C)=O)[C@H]2NC(C)=O)O[C@H](COC(C)=O)[C@H](OC(C)=O)[C@@H]1OC(C)=O. The number of hydrogen-bond donors (Lipinski definition) is 5. The van der Waals surface area contributed by atoms with Crippen molar-refractivity contribution in [1.82, 2.24) is 26.2 Å². The quantitative estimate of drug-likeness (QED) is 0.0314. The van der Waals surface area contributed by atoms with Crippen molar-refractivity contribution < 1.29 is 95.3 Å². The van der Waals surface area contributed by atoms with Gasteiger partial charge in [-0.15, -0.1) is 0 Å². The lowest BCUT2D eigenvalue weighted by molar-refractivity contribution is -0.277. The van der Waals surface area contributed by atoms with E-state index < -0.39 is 109 Å². The molecule has 74 heavy (non-hydrogen) atoms. The van der Waals surface area contributed by atoms with Crippen molar-refractivity contribution in [2.45, 2.75) is 181 Å². The number of amides is 4. The van der Waals surface area contributed by atoms with Gasteiger partial charge in [0, 0.05) is 81.3 Å². The van der Waals surface area contributed by atoms with Gasteiger partial charge in [-0.05, 0) is 64.7 Å². The number of ether oxygens (including phenoxy) is 10. The molecule has 2 aliphatic rings. The van der Waals surface area contributed by atoms with Crippen molar-refractivity contribution >= 4 is 59.4 Å². The number of nitrogens with one attached hydrogen (secondary N) is 4. The van der Waals surface area contributed by atoms with Gasteiger partial charge in [0.1, 0.15) is 37.5 Å².